The maximum Gasteiger partial charge on any atom is -0.0199 e. The van der Waals surface area contributed by atoms with E-state index >= 15 is 0 Å². The molecule has 0 saturated heterocycles. The molecule has 0 heteroatoms. The van der Waals surface area contributed by atoms with Gasteiger partial charge in [-0.05, 0) is 37.0 Å². The molecule has 0 heterocycles. The standard InChI is InChI=1S/C11H18/c1-2-3-4-10-7-9-5-6-11(10)8-9/h5-6,9-11H,2-4,7-8H2,1H3/t9-,10-,11+/m1/s1. The van der Waals surface area contributed by atoms with Gasteiger partial charge in [-0.2, -0.15) is 0 Å². The molecule has 0 aliphatic heterocycles. The Balaban J connectivity index is 1.84. The number of allylic oxidation sites excluding steroid dienone is 2. The Kier molecular flexibility index (Phi) is 2.02. The number of hydrogen-bond acceptors (Lipinski definition) is 0. The molecule has 1 fully saturated rings. The van der Waals surface area contributed by atoms with E-state index in [4.69, 9.17) is 0 Å². The first kappa shape index (κ1) is 7.39. The van der Waals surface area contributed by atoms with Crippen LogP contribution in [0, 0.1) is 17.8 Å². The van der Waals surface area contributed by atoms with E-state index in [9.17, 15) is 0 Å². The Morgan fingerprint density at radius 2 is 2.18 bits per heavy atom. The van der Waals surface area contributed by atoms with E-state index in [2.05, 4.69) is 19.1 Å². The normalized spacial score (nSPS) is 40.3. The first-order chi connectivity index (χ1) is 5.40. The largest absolute Gasteiger partial charge is 0.0851 e. The van der Waals surface area contributed by atoms with E-state index in [1.807, 2.05) is 0 Å². The van der Waals surface area contributed by atoms with Gasteiger partial charge in [0, 0.05) is 0 Å². The van der Waals surface area contributed by atoms with Crippen LogP contribution in [0.3, 0.4) is 0 Å². The maximum absolute atomic E-state index is 2.47. The third-order valence-corrected chi connectivity index (χ3v) is 3.34. The van der Waals surface area contributed by atoms with Gasteiger partial charge in [0.05, 0.1) is 0 Å². The summed E-state index contributed by atoms with van der Waals surface area (Å²) in [6, 6.07) is 0. The molecule has 0 N–H and O–H groups in total. The lowest BCUT2D eigenvalue weighted by Gasteiger charge is -2.16. The molecule has 2 aliphatic rings. The van der Waals surface area contributed by atoms with Crippen LogP contribution < -0.4 is 0 Å². The van der Waals surface area contributed by atoms with Crippen molar-refractivity contribution in [3.63, 3.8) is 0 Å². The zero-order valence-electron chi connectivity index (χ0n) is 7.42. The van der Waals surface area contributed by atoms with E-state index < -0.39 is 0 Å². The lowest BCUT2D eigenvalue weighted by atomic mass is 9.89. The molecule has 1 saturated carbocycles. The highest BCUT2D eigenvalue weighted by molar-refractivity contribution is 5.09. The van der Waals surface area contributed by atoms with Crippen molar-refractivity contribution in [1.29, 1.82) is 0 Å². The highest BCUT2D eigenvalue weighted by atomic mass is 14.4. The van der Waals surface area contributed by atoms with Crippen LogP contribution in [-0.4, -0.2) is 0 Å². The molecule has 2 aliphatic carbocycles. The van der Waals surface area contributed by atoms with Crippen molar-refractivity contribution in [2.75, 3.05) is 0 Å². The van der Waals surface area contributed by atoms with Crippen molar-refractivity contribution < 1.29 is 0 Å². The molecule has 0 aromatic carbocycles. The van der Waals surface area contributed by atoms with Gasteiger partial charge in [0.15, 0.2) is 0 Å². The van der Waals surface area contributed by atoms with E-state index in [1.165, 1.54) is 32.1 Å². The van der Waals surface area contributed by atoms with Crippen LogP contribution in [0.15, 0.2) is 12.2 Å². The van der Waals surface area contributed by atoms with Gasteiger partial charge < -0.3 is 0 Å². The Morgan fingerprint density at radius 1 is 1.27 bits per heavy atom. The van der Waals surface area contributed by atoms with Gasteiger partial charge in [-0.1, -0.05) is 31.9 Å². The zero-order chi connectivity index (χ0) is 7.68. The summed E-state index contributed by atoms with van der Waals surface area (Å²) in [6.07, 6.45) is 12.2. The summed E-state index contributed by atoms with van der Waals surface area (Å²) in [4.78, 5) is 0. The van der Waals surface area contributed by atoms with Gasteiger partial charge >= 0.3 is 0 Å². The minimum Gasteiger partial charge on any atom is -0.0851 e. The number of fused-ring (bicyclic) bond motifs is 2. The molecule has 0 aromatic heterocycles. The fraction of sp³-hybridized carbons (Fsp3) is 0.818. The molecule has 0 spiro atoms. The molecule has 0 radical (unpaired) electrons. The van der Waals surface area contributed by atoms with E-state index in [0.29, 0.717) is 0 Å². The van der Waals surface area contributed by atoms with Crippen LogP contribution in [0.1, 0.15) is 39.0 Å². The Hall–Kier alpha value is -0.260. The Labute approximate surface area is 69.7 Å². The third-order valence-electron chi connectivity index (χ3n) is 3.34. The number of hydrogen-bond donors (Lipinski definition) is 0. The summed E-state index contributed by atoms with van der Waals surface area (Å²) in [5.74, 6) is 3.01. The quantitative estimate of drug-likeness (QED) is 0.541. The average Bonchev–Trinajstić information content (AvgIpc) is 2.60. The van der Waals surface area contributed by atoms with Crippen molar-refractivity contribution in [1.82, 2.24) is 0 Å². The average molecular weight is 150 g/mol. The van der Waals surface area contributed by atoms with Gasteiger partial charge in [-0.15, -0.1) is 0 Å². The van der Waals surface area contributed by atoms with Gasteiger partial charge in [0.1, 0.15) is 0 Å². The molecule has 0 nitrogen and oxygen atoms in total. The fourth-order valence-electron chi connectivity index (χ4n) is 2.69. The molecular weight excluding hydrogens is 132 g/mol. The zero-order valence-corrected chi connectivity index (χ0v) is 7.42. The minimum absolute atomic E-state index is 0.974. The molecular formula is C11H18. The second-order valence-electron chi connectivity index (χ2n) is 4.18. The fourth-order valence-corrected chi connectivity index (χ4v) is 2.69. The van der Waals surface area contributed by atoms with Crippen LogP contribution in [-0.2, 0) is 0 Å². The monoisotopic (exact) mass is 150 g/mol. The van der Waals surface area contributed by atoms with E-state index in [-0.39, 0.29) is 0 Å². The van der Waals surface area contributed by atoms with Crippen LogP contribution >= 0.6 is 0 Å². The van der Waals surface area contributed by atoms with Crippen LogP contribution in [0.4, 0.5) is 0 Å². The number of rotatable bonds is 3. The molecule has 3 atom stereocenters. The lowest BCUT2D eigenvalue weighted by molar-refractivity contribution is 0.402. The first-order valence-electron chi connectivity index (χ1n) is 5.08. The molecule has 0 amide bonds. The minimum atomic E-state index is 0.974. The molecule has 2 rings (SSSR count). The molecule has 0 aromatic rings. The van der Waals surface area contributed by atoms with Crippen molar-refractivity contribution in [3.8, 4) is 0 Å². The van der Waals surface area contributed by atoms with Crippen LogP contribution in [0.5, 0.6) is 0 Å². The van der Waals surface area contributed by atoms with Crippen LogP contribution in [0.2, 0.25) is 0 Å². The Bertz CT molecular complexity index is 157. The van der Waals surface area contributed by atoms with Crippen LogP contribution in [0.25, 0.3) is 0 Å². The SMILES string of the molecule is CCCC[C@@H]1C[C@H]2C=C[C@H]1C2. The topological polar surface area (TPSA) is 0 Å². The van der Waals surface area contributed by atoms with Gasteiger partial charge in [0.2, 0.25) is 0 Å². The molecule has 11 heavy (non-hydrogen) atoms. The molecule has 0 unspecified atom stereocenters. The highest BCUT2D eigenvalue weighted by Gasteiger charge is 2.34. The van der Waals surface area contributed by atoms with Gasteiger partial charge in [0.25, 0.3) is 0 Å². The van der Waals surface area contributed by atoms with Crippen molar-refractivity contribution in [3.05, 3.63) is 12.2 Å². The smallest absolute Gasteiger partial charge is 0.0199 e. The lowest BCUT2D eigenvalue weighted by Crippen LogP contribution is -2.06. The van der Waals surface area contributed by atoms with E-state index in [0.717, 1.165) is 17.8 Å². The summed E-state index contributed by atoms with van der Waals surface area (Å²) in [5.41, 5.74) is 0. The predicted octanol–water partition coefficient (Wildman–Crippen LogP) is 3.39. The summed E-state index contributed by atoms with van der Waals surface area (Å²) < 4.78 is 0. The second-order valence-corrected chi connectivity index (χ2v) is 4.18. The van der Waals surface area contributed by atoms with Gasteiger partial charge in [-0.3, -0.25) is 0 Å². The maximum atomic E-state index is 2.47. The highest BCUT2D eigenvalue weighted by Crippen LogP contribution is 2.45. The molecule has 2 bridgehead atoms. The summed E-state index contributed by atoms with van der Waals surface area (Å²) in [6.45, 7) is 2.29. The first-order valence-corrected chi connectivity index (χ1v) is 5.08. The van der Waals surface area contributed by atoms with Crippen molar-refractivity contribution >= 4 is 0 Å². The third kappa shape index (κ3) is 1.36. The second kappa shape index (κ2) is 3.00. The summed E-state index contributed by atoms with van der Waals surface area (Å²) in [5, 5.41) is 0. The van der Waals surface area contributed by atoms with Crippen molar-refractivity contribution in [2.24, 2.45) is 17.8 Å². The summed E-state index contributed by atoms with van der Waals surface area (Å²) >= 11 is 0. The summed E-state index contributed by atoms with van der Waals surface area (Å²) in [7, 11) is 0. The van der Waals surface area contributed by atoms with Gasteiger partial charge in [-0.25, -0.2) is 0 Å². The van der Waals surface area contributed by atoms with E-state index in [1.54, 1.807) is 0 Å². The number of unbranched alkanes of at least 4 members (excludes halogenated alkanes) is 1. The Morgan fingerprint density at radius 3 is 2.73 bits per heavy atom. The van der Waals surface area contributed by atoms with Crippen molar-refractivity contribution in [2.45, 2.75) is 39.0 Å². The molecule has 62 valence electrons. The predicted molar refractivity (Wildman–Crippen MR) is 48.4 cm³/mol.